The normalized spacial score (nSPS) is 11.5. The van der Waals surface area contributed by atoms with Crippen molar-refractivity contribution < 1.29 is 9.59 Å². The van der Waals surface area contributed by atoms with E-state index in [1.54, 1.807) is 36.5 Å². The first-order valence-electron chi connectivity index (χ1n) is 10.3. The highest BCUT2D eigenvalue weighted by Crippen LogP contribution is 2.37. The Bertz CT molecular complexity index is 1300. The van der Waals surface area contributed by atoms with Gasteiger partial charge in [-0.25, -0.2) is 4.98 Å². The Morgan fingerprint density at radius 3 is 2.35 bits per heavy atom. The third-order valence-electron chi connectivity index (χ3n) is 4.78. The molecule has 5 nitrogen and oxygen atoms in total. The van der Waals surface area contributed by atoms with E-state index in [0.717, 1.165) is 10.5 Å². The van der Waals surface area contributed by atoms with E-state index in [1.807, 2.05) is 54.6 Å². The molecule has 0 saturated heterocycles. The molecular formula is C26H19Cl2N3O2S. The van der Waals surface area contributed by atoms with Gasteiger partial charge in [-0.15, -0.1) is 11.8 Å². The van der Waals surface area contributed by atoms with Crippen molar-refractivity contribution >= 4 is 58.3 Å². The number of rotatable bonds is 7. The first-order chi connectivity index (χ1) is 16.5. The van der Waals surface area contributed by atoms with E-state index in [9.17, 15) is 9.59 Å². The Balaban J connectivity index is 1.54. The average Bonchev–Trinajstić information content (AvgIpc) is 2.84. The quantitative estimate of drug-likeness (QED) is 0.261. The van der Waals surface area contributed by atoms with E-state index in [2.05, 4.69) is 15.6 Å². The molecule has 2 amide bonds. The number of benzene rings is 3. The summed E-state index contributed by atoms with van der Waals surface area (Å²) in [4.78, 5) is 30.9. The molecular weight excluding hydrogens is 489 g/mol. The molecule has 0 aliphatic heterocycles. The number of hydrogen-bond acceptors (Lipinski definition) is 4. The molecule has 0 aliphatic carbocycles. The van der Waals surface area contributed by atoms with Gasteiger partial charge >= 0.3 is 0 Å². The molecule has 0 aliphatic rings. The number of aromatic nitrogens is 1. The number of hydrogen-bond donors (Lipinski definition) is 2. The lowest BCUT2D eigenvalue weighted by atomic mass is 10.1. The molecule has 1 aromatic heterocycles. The van der Waals surface area contributed by atoms with Gasteiger partial charge in [0.1, 0.15) is 11.1 Å². The monoisotopic (exact) mass is 507 g/mol. The molecule has 0 fully saturated rings. The molecule has 0 saturated carbocycles. The lowest BCUT2D eigenvalue weighted by molar-refractivity contribution is -0.115. The first kappa shape index (κ1) is 23.8. The van der Waals surface area contributed by atoms with Crippen molar-refractivity contribution in [1.82, 2.24) is 4.98 Å². The number of carbonyl (C=O) groups is 2. The van der Waals surface area contributed by atoms with Gasteiger partial charge in [0.15, 0.2) is 0 Å². The summed E-state index contributed by atoms with van der Waals surface area (Å²) in [6, 6.07) is 26.8. The third-order valence-corrected chi connectivity index (χ3v) is 6.57. The number of carbonyl (C=O) groups excluding carboxylic acids is 2. The van der Waals surface area contributed by atoms with Crippen LogP contribution < -0.4 is 10.6 Å². The van der Waals surface area contributed by atoms with Crippen LogP contribution in [0.25, 0.3) is 0 Å². The van der Waals surface area contributed by atoms with Gasteiger partial charge in [-0.3, -0.25) is 9.59 Å². The topological polar surface area (TPSA) is 71.1 Å². The van der Waals surface area contributed by atoms with Crippen LogP contribution in [0.4, 0.5) is 11.5 Å². The summed E-state index contributed by atoms with van der Waals surface area (Å²) in [6.45, 7) is 0. The second-order valence-corrected chi connectivity index (χ2v) is 9.24. The summed E-state index contributed by atoms with van der Waals surface area (Å²) in [5.41, 5.74) is 1.75. The number of thioether (sulfide) groups is 1. The van der Waals surface area contributed by atoms with Gasteiger partial charge < -0.3 is 10.6 Å². The summed E-state index contributed by atoms with van der Waals surface area (Å²) >= 11 is 13.5. The molecule has 1 heterocycles. The van der Waals surface area contributed by atoms with Crippen molar-refractivity contribution in [3.05, 3.63) is 118 Å². The zero-order chi connectivity index (χ0) is 23.9. The van der Waals surface area contributed by atoms with Gasteiger partial charge in [0, 0.05) is 21.8 Å². The molecule has 3 aromatic carbocycles. The highest BCUT2D eigenvalue weighted by molar-refractivity contribution is 8.00. The van der Waals surface area contributed by atoms with E-state index in [-0.39, 0.29) is 16.8 Å². The minimum Gasteiger partial charge on any atom is -0.322 e. The minimum absolute atomic E-state index is 0.197. The van der Waals surface area contributed by atoms with E-state index in [4.69, 9.17) is 23.2 Å². The van der Waals surface area contributed by atoms with Crippen molar-refractivity contribution in [2.75, 3.05) is 10.6 Å². The van der Waals surface area contributed by atoms with Gasteiger partial charge in [-0.05, 0) is 54.1 Å². The molecule has 1 atom stereocenters. The molecule has 4 rings (SSSR count). The highest BCUT2D eigenvalue weighted by Gasteiger charge is 2.23. The summed E-state index contributed by atoms with van der Waals surface area (Å²) in [7, 11) is 0. The van der Waals surface area contributed by atoms with Gasteiger partial charge in [-0.1, -0.05) is 65.7 Å². The number of nitrogens with zero attached hydrogens (tertiary/aromatic N) is 1. The van der Waals surface area contributed by atoms with E-state index in [0.29, 0.717) is 22.1 Å². The van der Waals surface area contributed by atoms with Gasteiger partial charge in [0.05, 0.1) is 10.6 Å². The lowest BCUT2D eigenvalue weighted by Gasteiger charge is -2.17. The van der Waals surface area contributed by atoms with Crippen LogP contribution in [0.2, 0.25) is 10.0 Å². The van der Waals surface area contributed by atoms with Crippen molar-refractivity contribution in [1.29, 1.82) is 0 Å². The van der Waals surface area contributed by atoms with Crippen LogP contribution in [-0.2, 0) is 4.79 Å². The first-order valence-corrected chi connectivity index (χ1v) is 11.9. The van der Waals surface area contributed by atoms with Crippen molar-refractivity contribution in [2.45, 2.75) is 10.1 Å². The Hall–Kier alpha value is -3.32. The number of anilines is 2. The SMILES string of the molecule is O=C(Nc1cccc(SC(C(=O)Nc2ccccn2)c2ccccc2)c1)c1ccc(Cl)cc1Cl. The van der Waals surface area contributed by atoms with E-state index >= 15 is 0 Å². The number of pyridine rings is 1. The molecule has 4 aromatic rings. The summed E-state index contributed by atoms with van der Waals surface area (Å²) < 4.78 is 0. The van der Waals surface area contributed by atoms with Crippen LogP contribution in [-0.4, -0.2) is 16.8 Å². The van der Waals surface area contributed by atoms with Crippen LogP contribution in [0, 0.1) is 0 Å². The fourth-order valence-electron chi connectivity index (χ4n) is 3.18. The fraction of sp³-hybridized carbons (Fsp3) is 0.0385. The molecule has 0 spiro atoms. The lowest BCUT2D eigenvalue weighted by Crippen LogP contribution is -2.19. The number of halogens is 2. The molecule has 8 heteroatoms. The highest BCUT2D eigenvalue weighted by atomic mass is 35.5. The fourth-order valence-corrected chi connectivity index (χ4v) is 4.76. The Morgan fingerprint density at radius 1 is 0.824 bits per heavy atom. The zero-order valence-corrected chi connectivity index (χ0v) is 20.1. The van der Waals surface area contributed by atoms with Gasteiger partial charge in [0.2, 0.25) is 5.91 Å². The summed E-state index contributed by atoms with van der Waals surface area (Å²) in [5.74, 6) is -0.0662. The molecule has 170 valence electrons. The van der Waals surface area contributed by atoms with Crippen LogP contribution in [0.5, 0.6) is 0 Å². The summed E-state index contributed by atoms with van der Waals surface area (Å²) in [5, 5.41) is 5.92. The van der Waals surface area contributed by atoms with Crippen LogP contribution in [0.15, 0.2) is 102 Å². The molecule has 0 radical (unpaired) electrons. The maximum atomic E-state index is 13.2. The Kier molecular flexibility index (Phi) is 7.85. The largest absolute Gasteiger partial charge is 0.322 e. The average molecular weight is 508 g/mol. The zero-order valence-electron chi connectivity index (χ0n) is 17.7. The third kappa shape index (κ3) is 6.17. The molecule has 2 N–H and O–H groups in total. The summed E-state index contributed by atoms with van der Waals surface area (Å²) in [6.07, 6.45) is 1.62. The van der Waals surface area contributed by atoms with Crippen molar-refractivity contribution in [2.24, 2.45) is 0 Å². The standard InChI is InChI=1S/C26H19Cl2N3O2S/c27-18-12-13-21(22(28)15-18)25(32)30-19-9-6-10-20(16-19)34-24(17-7-2-1-3-8-17)26(33)31-23-11-4-5-14-29-23/h1-16,24H,(H,30,32)(H,29,31,33). The smallest absolute Gasteiger partial charge is 0.257 e. The van der Waals surface area contributed by atoms with Crippen LogP contribution in [0.3, 0.4) is 0 Å². The maximum Gasteiger partial charge on any atom is 0.257 e. The maximum absolute atomic E-state index is 13.2. The van der Waals surface area contributed by atoms with Crippen molar-refractivity contribution in [3.63, 3.8) is 0 Å². The Labute approximate surface area is 211 Å². The predicted octanol–water partition coefficient (Wildman–Crippen LogP) is 7.11. The molecule has 0 bridgehead atoms. The van der Waals surface area contributed by atoms with E-state index < -0.39 is 5.25 Å². The Morgan fingerprint density at radius 2 is 1.62 bits per heavy atom. The molecule has 34 heavy (non-hydrogen) atoms. The number of amides is 2. The molecule has 1 unspecified atom stereocenters. The second-order valence-electron chi connectivity index (χ2n) is 7.22. The van der Waals surface area contributed by atoms with Crippen LogP contribution >= 0.6 is 35.0 Å². The second kappa shape index (κ2) is 11.2. The van der Waals surface area contributed by atoms with Gasteiger partial charge in [-0.2, -0.15) is 0 Å². The van der Waals surface area contributed by atoms with E-state index in [1.165, 1.54) is 17.8 Å². The minimum atomic E-state index is -0.528. The van der Waals surface area contributed by atoms with Crippen molar-refractivity contribution in [3.8, 4) is 0 Å². The van der Waals surface area contributed by atoms with Gasteiger partial charge in [0.25, 0.3) is 5.91 Å². The number of nitrogens with one attached hydrogen (secondary N) is 2. The van der Waals surface area contributed by atoms with Crippen LogP contribution in [0.1, 0.15) is 21.2 Å². The predicted molar refractivity (Wildman–Crippen MR) is 139 cm³/mol.